The van der Waals surface area contributed by atoms with E-state index in [1.54, 1.807) is 0 Å². The van der Waals surface area contributed by atoms with Crippen LogP contribution in [0.1, 0.15) is 76.7 Å². The Morgan fingerprint density at radius 2 is 1.64 bits per heavy atom. The Morgan fingerprint density at radius 1 is 0.872 bits per heavy atom. The number of nitrogen functional groups attached to an aromatic ring is 1. The number of nitrogens with two attached hydrogens (primary N) is 1. The summed E-state index contributed by atoms with van der Waals surface area (Å²) in [6, 6.07) is 8.66. The first-order valence-electron chi connectivity index (χ1n) is 14.8. The lowest BCUT2D eigenvalue weighted by atomic mass is 9.68. The number of aromatic nitrogens is 4. The van der Waals surface area contributed by atoms with Crippen LogP contribution < -0.4 is 17.0 Å². The molecule has 39 heavy (non-hydrogen) atoms. The lowest BCUT2D eigenvalue weighted by molar-refractivity contribution is -0.0232. The van der Waals surface area contributed by atoms with Crippen LogP contribution in [0.25, 0.3) is 16.9 Å². The van der Waals surface area contributed by atoms with Crippen molar-refractivity contribution in [1.82, 2.24) is 24.0 Å². The molecule has 2 aromatic heterocycles. The maximum absolute atomic E-state index is 14.4. The van der Waals surface area contributed by atoms with Crippen molar-refractivity contribution in [3.63, 3.8) is 0 Å². The average Bonchev–Trinajstić information content (AvgIpc) is 2.90. The minimum Gasteiger partial charge on any atom is -0.381 e. The third-order valence-electron chi connectivity index (χ3n) is 10.2. The van der Waals surface area contributed by atoms with Crippen molar-refractivity contribution in [2.75, 3.05) is 12.3 Å². The van der Waals surface area contributed by atoms with Crippen LogP contribution >= 0.6 is 0 Å². The molecule has 1 unspecified atom stereocenters. The van der Waals surface area contributed by atoms with E-state index in [2.05, 4.69) is 14.9 Å². The molecule has 4 bridgehead atoms. The van der Waals surface area contributed by atoms with Crippen LogP contribution in [0.4, 0.5) is 10.2 Å². The molecule has 3 aliphatic carbocycles. The van der Waals surface area contributed by atoms with E-state index in [-0.39, 0.29) is 17.4 Å². The van der Waals surface area contributed by atoms with Gasteiger partial charge in [-0.15, -0.1) is 0 Å². The minimum atomic E-state index is -0.853. The highest BCUT2D eigenvalue weighted by Gasteiger charge is 2.44. The first kappa shape index (κ1) is 24.9. The van der Waals surface area contributed by atoms with Crippen LogP contribution in [0.5, 0.6) is 0 Å². The number of hydrogen-bond acceptors (Lipinski definition) is 6. The number of anilines is 1. The Bertz CT molecular complexity index is 1510. The van der Waals surface area contributed by atoms with Gasteiger partial charge in [0, 0.05) is 24.7 Å². The summed E-state index contributed by atoms with van der Waals surface area (Å²) in [4.78, 5) is 37.8. The normalized spacial score (nSPS) is 31.2. The molecule has 5 fully saturated rings. The molecule has 0 radical (unpaired) electrons. The summed E-state index contributed by atoms with van der Waals surface area (Å²) in [5.74, 6) is 0.625. The Balaban J connectivity index is 1.31. The van der Waals surface area contributed by atoms with E-state index in [9.17, 15) is 14.0 Å². The largest absolute Gasteiger partial charge is 0.381 e. The standard InChI is InChI=1S/C30H37FN6O2/c31-23-17-36(30(39)34-27(23)32)28-29(38)37(25-11-4-3-10-24(25)33-28)26-15-21-9-2-1-8-20(26)16-35(21)22-13-18-6-5-7-19(12-18)14-22/h3-4,10-11,17-22,26H,1-2,5-9,12-16H2,(H2,32,34,39)/t18-,19+,20?,21-,22+,26+/m0/s1. The smallest absolute Gasteiger partial charge is 0.355 e. The Hall–Kier alpha value is -3.07. The van der Waals surface area contributed by atoms with Gasteiger partial charge >= 0.3 is 5.69 Å². The summed E-state index contributed by atoms with van der Waals surface area (Å²) in [5, 5.41) is 0. The molecule has 4 heterocycles. The van der Waals surface area contributed by atoms with Crippen molar-refractivity contribution in [1.29, 1.82) is 0 Å². The SMILES string of the molecule is Nc1nc(=O)n(-c2nc3ccccc3n([C@@H]3C[C@@H]4CCCCC3CN4[C@H]3C[C@@H]4CCC[C@@H](C4)C3)c2=O)cc1F. The molecule has 3 aromatic rings. The maximum atomic E-state index is 14.4. The second-order valence-corrected chi connectivity index (χ2v) is 12.4. The monoisotopic (exact) mass is 532 g/mol. The van der Waals surface area contributed by atoms with Crippen molar-refractivity contribution in [3.8, 4) is 5.82 Å². The zero-order valence-corrected chi connectivity index (χ0v) is 22.3. The van der Waals surface area contributed by atoms with E-state index in [1.165, 1.54) is 51.4 Å². The molecule has 6 atom stereocenters. The van der Waals surface area contributed by atoms with Gasteiger partial charge in [-0.2, -0.15) is 4.98 Å². The number of piperidine rings is 1. The molecule has 2 N–H and O–H groups in total. The van der Waals surface area contributed by atoms with Gasteiger partial charge in [-0.05, 0) is 68.4 Å². The van der Waals surface area contributed by atoms with Gasteiger partial charge in [0.05, 0.1) is 17.2 Å². The number of para-hydroxylation sites is 2. The van der Waals surface area contributed by atoms with Crippen molar-refractivity contribution >= 4 is 16.9 Å². The predicted octanol–water partition coefficient (Wildman–Crippen LogP) is 4.44. The Morgan fingerprint density at radius 3 is 2.46 bits per heavy atom. The summed E-state index contributed by atoms with van der Waals surface area (Å²) >= 11 is 0. The van der Waals surface area contributed by atoms with E-state index >= 15 is 0 Å². The van der Waals surface area contributed by atoms with Crippen LogP contribution in [0.15, 0.2) is 40.1 Å². The number of hydrogen-bond donors (Lipinski definition) is 1. The van der Waals surface area contributed by atoms with E-state index in [4.69, 9.17) is 5.73 Å². The molecule has 9 heteroatoms. The van der Waals surface area contributed by atoms with Gasteiger partial charge in [-0.25, -0.2) is 18.7 Å². The highest BCUT2D eigenvalue weighted by molar-refractivity contribution is 5.75. The van der Waals surface area contributed by atoms with Crippen LogP contribution in [0, 0.1) is 23.6 Å². The van der Waals surface area contributed by atoms with Gasteiger partial charge in [0.15, 0.2) is 11.6 Å². The second-order valence-electron chi connectivity index (χ2n) is 12.4. The van der Waals surface area contributed by atoms with Crippen molar-refractivity contribution in [2.24, 2.45) is 17.8 Å². The molecule has 0 spiro atoms. The molecule has 8 nitrogen and oxygen atoms in total. The van der Waals surface area contributed by atoms with Crippen LogP contribution in [-0.4, -0.2) is 42.6 Å². The van der Waals surface area contributed by atoms with E-state index < -0.39 is 17.3 Å². The number of nitrogens with zero attached hydrogens (tertiary/aromatic N) is 5. The molecule has 2 saturated heterocycles. The quantitative estimate of drug-likeness (QED) is 0.536. The summed E-state index contributed by atoms with van der Waals surface area (Å²) in [5.41, 5.74) is 5.69. The third-order valence-corrected chi connectivity index (χ3v) is 10.2. The van der Waals surface area contributed by atoms with Crippen LogP contribution in [0.3, 0.4) is 0 Å². The fourth-order valence-electron chi connectivity index (χ4n) is 8.46. The third kappa shape index (κ3) is 4.39. The summed E-state index contributed by atoms with van der Waals surface area (Å²) in [6.07, 6.45) is 14.7. The van der Waals surface area contributed by atoms with Gasteiger partial charge in [-0.1, -0.05) is 44.2 Å². The molecular formula is C30H37FN6O2. The van der Waals surface area contributed by atoms with Crippen LogP contribution in [0.2, 0.25) is 0 Å². The fourth-order valence-corrected chi connectivity index (χ4v) is 8.46. The Labute approximate surface area is 227 Å². The van der Waals surface area contributed by atoms with Gasteiger partial charge in [0.1, 0.15) is 0 Å². The molecular weight excluding hydrogens is 495 g/mol. The second kappa shape index (κ2) is 9.84. The lowest BCUT2D eigenvalue weighted by Crippen LogP contribution is -2.56. The summed E-state index contributed by atoms with van der Waals surface area (Å²) < 4.78 is 17.2. The number of rotatable bonds is 3. The zero-order chi connectivity index (χ0) is 26.7. The molecule has 0 amide bonds. The van der Waals surface area contributed by atoms with Gasteiger partial charge in [0.2, 0.25) is 5.82 Å². The van der Waals surface area contributed by atoms with Gasteiger partial charge in [0.25, 0.3) is 5.56 Å². The van der Waals surface area contributed by atoms with Crippen molar-refractivity contribution in [2.45, 2.75) is 88.8 Å². The maximum Gasteiger partial charge on any atom is 0.355 e. The number of fused-ring (bicyclic) bond motifs is 8. The van der Waals surface area contributed by atoms with Gasteiger partial charge < -0.3 is 10.3 Å². The lowest BCUT2D eigenvalue weighted by Gasteiger charge is -2.53. The number of halogens is 1. The Kier molecular flexibility index (Phi) is 6.29. The molecule has 3 saturated carbocycles. The van der Waals surface area contributed by atoms with E-state index in [0.29, 0.717) is 23.5 Å². The topological polar surface area (TPSA) is 99.0 Å². The highest BCUT2D eigenvalue weighted by atomic mass is 19.1. The molecule has 8 rings (SSSR count). The fraction of sp³-hybridized carbons (Fsp3) is 0.600. The summed E-state index contributed by atoms with van der Waals surface area (Å²) in [6.45, 7) is 1.01. The molecule has 5 aliphatic rings. The molecule has 1 aromatic carbocycles. The highest BCUT2D eigenvalue weighted by Crippen LogP contribution is 2.46. The van der Waals surface area contributed by atoms with Crippen LogP contribution in [-0.2, 0) is 0 Å². The number of benzene rings is 1. The summed E-state index contributed by atoms with van der Waals surface area (Å²) in [7, 11) is 0. The van der Waals surface area contributed by atoms with Crippen molar-refractivity contribution in [3.05, 3.63) is 57.1 Å². The first-order chi connectivity index (χ1) is 19.0. The van der Waals surface area contributed by atoms with E-state index in [0.717, 1.165) is 53.9 Å². The minimum absolute atomic E-state index is 0.00363. The van der Waals surface area contributed by atoms with Gasteiger partial charge in [-0.3, -0.25) is 9.69 Å². The zero-order valence-electron chi connectivity index (χ0n) is 22.3. The van der Waals surface area contributed by atoms with E-state index in [1.807, 2.05) is 28.8 Å². The first-order valence-corrected chi connectivity index (χ1v) is 14.8. The molecule has 206 valence electrons. The van der Waals surface area contributed by atoms with Crippen molar-refractivity contribution < 1.29 is 4.39 Å². The predicted molar refractivity (Wildman–Crippen MR) is 148 cm³/mol. The molecule has 2 aliphatic heterocycles. The average molecular weight is 533 g/mol.